The summed E-state index contributed by atoms with van der Waals surface area (Å²) < 4.78 is 177. The first kappa shape index (κ1) is 32.7. The Morgan fingerprint density at radius 2 is 0.480 bits per heavy atom. The summed E-state index contributed by atoms with van der Waals surface area (Å²) in [5, 5.41) is 0. The summed E-state index contributed by atoms with van der Waals surface area (Å²) in [6.07, 6.45) is 0. The molecule has 0 radical (unpaired) electrons. The van der Waals surface area contributed by atoms with E-state index in [2.05, 4.69) is 0 Å². The molecule has 0 N–H and O–H groups in total. The largest absolute Gasteiger partial charge is 0.741 e. The van der Waals surface area contributed by atoms with Crippen molar-refractivity contribution in [2.24, 2.45) is 0 Å². The normalized spacial score (nSPS) is 13.4. The molecular weight excluding hydrogens is 691 g/mol. The van der Waals surface area contributed by atoms with Crippen molar-refractivity contribution >= 4 is 30.4 Å². The number of rotatable bonds is 0. The molecule has 0 atom stereocenters. The monoisotopic (exact) mass is 685 g/mol. The van der Waals surface area contributed by atoms with Crippen LogP contribution < -0.4 is 0 Å². The number of hydrogen-bond acceptors (Lipinski definition) is 9. The summed E-state index contributed by atoms with van der Waals surface area (Å²) in [7, 11) is -18.3. The molecule has 0 aliphatic carbocycles. The molecule has 9 nitrogen and oxygen atoms in total. The summed E-state index contributed by atoms with van der Waals surface area (Å²) in [4.78, 5) is 0. The van der Waals surface area contributed by atoms with Crippen molar-refractivity contribution in [1.82, 2.24) is 0 Å². The number of halogens is 9. The van der Waals surface area contributed by atoms with Gasteiger partial charge in [-0.05, 0) is 0 Å². The fourth-order valence-corrected chi connectivity index (χ4v) is 0. The van der Waals surface area contributed by atoms with Crippen molar-refractivity contribution in [2.75, 3.05) is 0 Å². The maximum atomic E-state index is 10.7. The van der Waals surface area contributed by atoms with Gasteiger partial charge in [0.2, 0.25) is 0 Å². The second-order valence-corrected chi connectivity index (χ2v) is 6.81. The first-order chi connectivity index (χ1) is 9.75. The smallest absolute Gasteiger partial charge is 0.485 e. The molecule has 0 aliphatic rings. The number of alkyl halides is 9. The molecule has 156 valence electrons. The third-order valence-corrected chi connectivity index (χ3v) is 2.55. The van der Waals surface area contributed by atoms with Crippen LogP contribution in [0.15, 0.2) is 0 Å². The van der Waals surface area contributed by atoms with Crippen molar-refractivity contribution in [3.05, 3.63) is 0 Å². The summed E-state index contributed by atoms with van der Waals surface area (Å²) in [5.74, 6) is 0. The second kappa shape index (κ2) is 9.86. The maximum Gasteiger partial charge on any atom is 0.485 e. The van der Waals surface area contributed by atoms with E-state index in [0.717, 1.165) is 0 Å². The Morgan fingerprint density at radius 3 is 0.480 bits per heavy atom. The van der Waals surface area contributed by atoms with Crippen LogP contribution in [0.2, 0.25) is 0 Å². The predicted octanol–water partition coefficient (Wildman–Crippen LogP) is 0.154. The van der Waals surface area contributed by atoms with Crippen LogP contribution in [-0.4, -0.2) is 55.4 Å². The first-order valence-corrected chi connectivity index (χ1v) is 8.04. The van der Waals surface area contributed by atoms with Crippen LogP contribution in [0.25, 0.3) is 0 Å². The molecule has 0 fully saturated rings. The molecule has 0 heterocycles. The van der Waals surface area contributed by atoms with Crippen LogP contribution in [0.5, 0.6) is 0 Å². The molecule has 0 saturated carbocycles. The van der Waals surface area contributed by atoms with Crippen LogP contribution in [0, 0.1) is 29.2 Å². The molecule has 0 aromatic rings. The minimum absolute atomic E-state index is 0. The van der Waals surface area contributed by atoms with Crippen molar-refractivity contribution in [1.29, 1.82) is 0 Å². The third kappa shape index (κ3) is 16.0. The van der Waals surface area contributed by atoms with E-state index in [4.69, 9.17) is 38.9 Å². The summed E-state index contributed by atoms with van der Waals surface area (Å²) in [6.45, 7) is 0. The summed E-state index contributed by atoms with van der Waals surface area (Å²) in [5.41, 5.74) is -16.9. The molecule has 0 unspecified atom stereocenters. The average molecular weight is 691 g/mol. The van der Waals surface area contributed by atoms with Gasteiger partial charge in [-0.3, -0.25) is 0 Å². The van der Waals surface area contributed by atoms with E-state index >= 15 is 0 Å². The minimum atomic E-state index is -6.09. The Labute approximate surface area is 154 Å². The van der Waals surface area contributed by atoms with E-state index in [1.165, 1.54) is 0 Å². The Kier molecular flexibility index (Phi) is 12.9. The predicted molar refractivity (Wildman–Crippen MR) is 47.3 cm³/mol. The Balaban J connectivity index is -0.000000130. The van der Waals surface area contributed by atoms with E-state index in [9.17, 15) is 39.5 Å². The summed E-state index contributed by atoms with van der Waals surface area (Å²) >= 11 is 0. The van der Waals surface area contributed by atoms with Gasteiger partial charge in [-0.15, -0.1) is 0 Å². The standard InChI is InChI=1S/3CHF3O3S.Pu/c3*2-1(3,4)8(5,6)7;/h3*(H,5,6,7);/p-3. The van der Waals surface area contributed by atoms with Gasteiger partial charge in [-0.1, -0.05) is 0 Å². The van der Waals surface area contributed by atoms with Gasteiger partial charge in [0, 0.05) is 29.2 Å². The molecule has 25 heavy (non-hydrogen) atoms. The van der Waals surface area contributed by atoms with Crippen molar-refractivity contribution < 1.29 is 108 Å². The van der Waals surface area contributed by atoms with E-state index < -0.39 is 46.9 Å². The average Bonchev–Trinajstić information content (AvgIpc) is 2.08. The summed E-state index contributed by atoms with van der Waals surface area (Å²) in [6, 6.07) is 0. The molecular formula is C3F9O9PuS3-3. The van der Waals surface area contributed by atoms with Gasteiger partial charge in [-0.2, -0.15) is 39.5 Å². The van der Waals surface area contributed by atoms with Gasteiger partial charge >= 0.3 is 16.5 Å². The second-order valence-electron chi connectivity index (χ2n) is 2.70. The van der Waals surface area contributed by atoms with Gasteiger partial charge < -0.3 is 13.7 Å². The minimum Gasteiger partial charge on any atom is -0.741 e. The topological polar surface area (TPSA) is 172 Å². The molecule has 0 spiro atoms. The fourth-order valence-electron chi connectivity index (χ4n) is 0. The molecule has 0 amide bonds. The molecule has 0 bridgehead atoms. The van der Waals surface area contributed by atoms with Gasteiger partial charge in [0.15, 0.2) is 30.4 Å². The zero-order valence-electron chi connectivity index (χ0n) is 10.2. The third-order valence-electron chi connectivity index (χ3n) is 0.850. The van der Waals surface area contributed by atoms with Crippen LogP contribution in [0.1, 0.15) is 0 Å². The fraction of sp³-hybridized carbons (Fsp3) is 1.00. The Bertz CT molecular complexity index is 596. The van der Waals surface area contributed by atoms with Gasteiger partial charge in [0.05, 0.1) is 0 Å². The van der Waals surface area contributed by atoms with Crippen LogP contribution in [0.4, 0.5) is 39.5 Å². The zero-order valence-corrected chi connectivity index (χ0v) is 16.1. The van der Waals surface area contributed by atoms with Crippen LogP contribution >= 0.6 is 0 Å². The van der Waals surface area contributed by atoms with Crippen molar-refractivity contribution in [2.45, 2.75) is 16.5 Å². The SMILES string of the molecule is O=S(=O)([O-])C(F)(F)F.O=S(=O)([O-])C(F)(F)F.O=S(=O)([O-])C(F)(F)F.[Pu]. The Hall–Kier alpha value is 0.0870. The van der Waals surface area contributed by atoms with Gasteiger partial charge in [0.25, 0.3) is 0 Å². The zero-order chi connectivity index (χ0) is 21.0. The van der Waals surface area contributed by atoms with Gasteiger partial charge in [0.1, 0.15) is 0 Å². The van der Waals surface area contributed by atoms with Gasteiger partial charge in [-0.25, -0.2) is 25.3 Å². The quantitative estimate of drug-likeness (QED) is 0.195. The molecule has 22 heteroatoms. The first-order valence-electron chi connectivity index (χ1n) is 3.81. The Morgan fingerprint density at radius 1 is 0.440 bits per heavy atom. The molecule has 0 aliphatic heterocycles. The van der Waals surface area contributed by atoms with E-state index in [1.807, 2.05) is 0 Å². The van der Waals surface area contributed by atoms with Crippen LogP contribution in [0.3, 0.4) is 0 Å². The van der Waals surface area contributed by atoms with E-state index in [1.54, 1.807) is 0 Å². The van der Waals surface area contributed by atoms with E-state index in [-0.39, 0.29) is 29.2 Å². The molecule has 0 saturated heterocycles. The molecule has 0 rings (SSSR count). The molecule has 0 aromatic carbocycles. The molecule has 0 aromatic heterocycles. The van der Waals surface area contributed by atoms with E-state index in [0.29, 0.717) is 0 Å². The number of hydrogen-bond donors (Lipinski definition) is 0. The van der Waals surface area contributed by atoms with Crippen molar-refractivity contribution in [3.8, 4) is 0 Å². The maximum absolute atomic E-state index is 10.7. The van der Waals surface area contributed by atoms with Crippen molar-refractivity contribution in [3.63, 3.8) is 0 Å². The van der Waals surface area contributed by atoms with Crippen LogP contribution in [-0.2, 0) is 30.4 Å².